The number of ether oxygens (including phenoxy) is 1. The molecule has 2 aliphatic rings. The van der Waals surface area contributed by atoms with Gasteiger partial charge in [-0.3, -0.25) is 0 Å². The Balaban J connectivity index is 1.53. The molecule has 1 aromatic rings. The van der Waals surface area contributed by atoms with Gasteiger partial charge in [0, 0.05) is 17.5 Å². The Morgan fingerprint density at radius 2 is 2.23 bits per heavy atom. The van der Waals surface area contributed by atoms with Crippen molar-refractivity contribution in [3.05, 3.63) is 29.8 Å². The lowest BCUT2D eigenvalue weighted by Gasteiger charge is -2.38. The van der Waals surface area contributed by atoms with Crippen molar-refractivity contribution in [2.24, 2.45) is 5.41 Å². The van der Waals surface area contributed by atoms with E-state index in [1.807, 2.05) is 31.2 Å². The SMILES string of the molecule is CC1(CNC(=O)NC2COc3ccccc32)CCCCC1O. The van der Waals surface area contributed by atoms with Crippen LogP contribution in [0, 0.1) is 5.41 Å². The molecule has 3 rings (SSSR count). The predicted molar refractivity (Wildman–Crippen MR) is 83.8 cm³/mol. The summed E-state index contributed by atoms with van der Waals surface area (Å²) in [7, 11) is 0. The van der Waals surface area contributed by atoms with Crippen LogP contribution in [0.15, 0.2) is 24.3 Å². The Labute approximate surface area is 131 Å². The number of aliphatic hydroxyl groups excluding tert-OH is 1. The maximum absolute atomic E-state index is 12.1. The number of fused-ring (bicyclic) bond motifs is 1. The Hall–Kier alpha value is -1.75. The standard InChI is InChI=1S/C17H24N2O3/c1-17(9-5-4-8-15(17)20)11-18-16(21)19-13-10-22-14-7-3-2-6-12(13)14/h2-3,6-7,13,15,20H,4-5,8-11H2,1H3,(H2,18,19,21). The van der Waals surface area contributed by atoms with Crippen molar-refractivity contribution < 1.29 is 14.6 Å². The summed E-state index contributed by atoms with van der Waals surface area (Å²) >= 11 is 0. The van der Waals surface area contributed by atoms with Crippen molar-refractivity contribution in [2.45, 2.75) is 44.8 Å². The molecule has 1 aliphatic carbocycles. The van der Waals surface area contributed by atoms with Crippen molar-refractivity contribution >= 4 is 6.03 Å². The molecule has 3 atom stereocenters. The smallest absolute Gasteiger partial charge is 0.315 e. The Morgan fingerprint density at radius 1 is 1.41 bits per heavy atom. The van der Waals surface area contributed by atoms with Crippen molar-refractivity contribution in [1.29, 1.82) is 0 Å². The molecule has 1 aromatic carbocycles. The summed E-state index contributed by atoms with van der Waals surface area (Å²) in [5.41, 5.74) is 0.793. The van der Waals surface area contributed by atoms with Crippen LogP contribution in [0.5, 0.6) is 5.75 Å². The van der Waals surface area contributed by atoms with Crippen LogP contribution in [-0.4, -0.2) is 30.4 Å². The summed E-state index contributed by atoms with van der Waals surface area (Å²) < 4.78 is 5.56. The van der Waals surface area contributed by atoms with Gasteiger partial charge < -0.3 is 20.5 Å². The van der Waals surface area contributed by atoms with Gasteiger partial charge in [-0.1, -0.05) is 38.0 Å². The van der Waals surface area contributed by atoms with E-state index < -0.39 is 0 Å². The van der Waals surface area contributed by atoms with Crippen LogP contribution in [0.4, 0.5) is 4.79 Å². The lowest BCUT2D eigenvalue weighted by Crippen LogP contribution is -2.48. The number of carbonyl (C=O) groups is 1. The third-order valence-corrected chi connectivity index (χ3v) is 4.94. The number of aliphatic hydroxyl groups is 1. The zero-order chi connectivity index (χ0) is 15.6. The normalized spacial score (nSPS) is 30.3. The number of benzene rings is 1. The summed E-state index contributed by atoms with van der Waals surface area (Å²) in [6.45, 7) is 3.01. The number of rotatable bonds is 3. The molecule has 0 radical (unpaired) electrons. The van der Waals surface area contributed by atoms with Gasteiger partial charge in [-0.2, -0.15) is 0 Å². The molecule has 1 saturated carbocycles. The first-order valence-electron chi connectivity index (χ1n) is 8.03. The summed E-state index contributed by atoms with van der Waals surface area (Å²) in [5.74, 6) is 0.836. The van der Waals surface area contributed by atoms with Crippen molar-refractivity contribution in [3.8, 4) is 5.75 Å². The number of nitrogens with one attached hydrogen (secondary N) is 2. The van der Waals surface area contributed by atoms with E-state index in [9.17, 15) is 9.90 Å². The summed E-state index contributed by atoms with van der Waals surface area (Å²) in [4.78, 5) is 12.1. The predicted octanol–water partition coefficient (Wildman–Crippen LogP) is 2.36. The Morgan fingerprint density at radius 3 is 3.05 bits per heavy atom. The van der Waals surface area contributed by atoms with Crippen LogP contribution < -0.4 is 15.4 Å². The number of hydrogen-bond acceptors (Lipinski definition) is 3. The van der Waals surface area contributed by atoms with E-state index in [0.717, 1.165) is 37.0 Å². The van der Waals surface area contributed by atoms with E-state index in [1.54, 1.807) is 0 Å². The quantitative estimate of drug-likeness (QED) is 0.803. The molecular weight excluding hydrogens is 280 g/mol. The first-order chi connectivity index (χ1) is 10.6. The summed E-state index contributed by atoms with van der Waals surface area (Å²) in [5, 5.41) is 16.0. The molecule has 0 bridgehead atoms. The zero-order valence-corrected chi connectivity index (χ0v) is 13.0. The minimum absolute atomic E-state index is 0.111. The molecule has 0 saturated heterocycles. The zero-order valence-electron chi connectivity index (χ0n) is 13.0. The lowest BCUT2D eigenvalue weighted by molar-refractivity contribution is 0.00303. The van der Waals surface area contributed by atoms with E-state index in [4.69, 9.17) is 4.74 Å². The second-order valence-electron chi connectivity index (χ2n) is 6.64. The molecule has 1 heterocycles. The molecule has 3 N–H and O–H groups in total. The van der Waals surface area contributed by atoms with Crippen LogP contribution in [0.3, 0.4) is 0 Å². The summed E-state index contributed by atoms with van der Waals surface area (Å²) in [6.07, 6.45) is 3.62. The molecule has 1 aliphatic heterocycles. The van der Waals surface area contributed by atoms with E-state index in [1.165, 1.54) is 0 Å². The van der Waals surface area contributed by atoms with Gasteiger partial charge in [-0.15, -0.1) is 0 Å². The van der Waals surface area contributed by atoms with Gasteiger partial charge in [0.15, 0.2) is 0 Å². The van der Waals surface area contributed by atoms with E-state index in [0.29, 0.717) is 13.2 Å². The average molecular weight is 304 g/mol. The third-order valence-electron chi connectivity index (χ3n) is 4.94. The topological polar surface area (TPSA) is 70.6 Å². The van der Waals surface area contributed by atoms with Gasteiger partial charge in [0.1, 0.15) is 12.4 Å². The highest BCUT2D eigenvalue weighted by Crippen LogP contribution is 2.35. The second-order valence-corrected chi connectivity index (χ2v) is 6.64. The Kier molecular flexibility index (Phi) is 4.25. The monoisotopic (exact) mass is 304 g/mol. The van der Waals surface area contributed by atoms with Crippen LogP contribution in [0.2, 0.25) is 0 Å². The number of hydrogen-bond donors (Lipinski definition) is 3. The fourth-order valence-corrected chi connectivity index (χ4v) is 3.36. The molecule has 1 fully saturated rings. The van der Waals surface area contributed by atoms with Gasteiger partial charge >= 0.3 is 6.03 Å². The van der Waals surface area contributed by atoms with Crippen LogP contribution >= 0.6 is 0 Å². The lowest BCUT2D eigenvalue weighted by atomic mass is 9.73. The third kappa shape index (κ3) is 3.04. The van der Waals surface area contributed by atoms with E-state index in [-0.39, 0.29) is 23.6 Å². The van der Waals surface area contributed by atoms with Gasteiger partial charge in [0.05, 0.1) is 12.1 Å². The van der Waals surface area contributed by atoms with Crippen LogP contribution in [-0.2, 0) is 0 Å². The molecule has 22 heavy (non-hydrogen) atoms. The van der Waals surface area contributed by atoms with Crippen LogP contribution in [0.1, 0.15) is 44.2 Å². The highest BCUT2D eigenvalue weighted by atomic mass is 16.5. The fraction of sp³-hybridized carbons (Fsp3) is 0.588. The molecule has 0 aromatic heterocycles. The fourth-order valence-electron chi connectivity index (χ4n) is 3.36. The maximum atomic E-state index is 12.1. The molecule has 5 heteroatoms. The van der Waals surface area contributed by atoms with Crippen molar-refractivity contribution in [3.63, 3.8) is 0 Å². The van der Waals surface area contributed by atoms with Gasteiger partial charge in [0.2, 0.25) is 0 Å². The van der Waals surface area contributed by atoms with Gasteiger partial charge in [-0.25, -0.2) is 4.79 Å². The van der Waals surface area contributed by atoms with Gasteiger partial charge in [-0.05, 0) is 18.9 Å². The number of amides is 2. The minimum Gasteiger partial charge on any atom is -0.491 e. The highest BCUT2D eigenvalue weighted by molar-refractivity contribution is 5.74. The first kappa shape index (κ1) is 15.2. The largest absolute Gasteiger partial charge is 0.491 e. The first-order valence-corrected chi connectivity index (χ1v) is 8.03. The highest BCUT2D eigenvalue weighted by Gasteiger charge is 2.35. The maximum Gasteiger partial charge on any atom is 0.315 e. The van der Waals surface area contributed by atoms with Gasteiger partial charge in [0.25, 0.3) is 0 Å². The molecule has 2 amide bonds. The number of urea groups is 1. The van der Waals surface area contributed by atoms with Crippen molar-refractivity contribution in [1.82, 2.24) is 10.6 Å². The van der Waals surface area contributed by atoms with E-state index in [2.05, 4.69) is 10.6 Å². The molecule has 5 nitrogen and oxygen atoms in total. The van der Waals surface area contributed by atoms with E-state index >= 15 is 0 Å². The molecular formula is C17H24N2O3. The van der Waals surface area contributed by atoms with Crippen molar-refractivity contribution in [2.75, 3.05) is 13.2 Å². The molecule has 3 unspecified atom stereocenters. The minimum atomic E-state index is -0.336. The molecule has 0 spiro atoms. The number of para-hydroxylation sites is 1. The Bertz CT molecular complexity index is 548. The summed E-state index contributed by atoms with van der Waals surface area (Å²) in [6, 6.07) is 7.43. The molecule has 120 valence electrons. The average Bonchev–Trinajstić information content (AvgIpc) is 2.92. The number of carbonyl (C=O) groups excluding carboxylic acids is 1. The van der Waals surface area contributed by atoms with Crippen LogP contribution in [0.25, 0.3) is 0 Å². The second kappa shape index (κ2) is 6.16.